The Morgan fingerprint density at radius 3 is 2.64 bits per heavy atom. The van der Waals surface area contributed by atoms with Gasteiger partial charge in [-0.25, -0.2) is 0 Å². The number of nitrogens with one attached hydrogen (secondary N) is 1. The van der Waals surface area contributed by atoms with Crippen molar-refractivity contribution in [1.29, 1.82) is 0 Å². The number of rotatable bonds is 7. The maximum atomic E-state index is 12.3. The predicted molar refractivity (Wildman–Crippen MR) is 97.8 cm³/mol. The van der Waals surface area contributed by atoms with Gasteiger partial charge in [0, 0.05) is 5.69 Å². The molecule has 2 rings (SSSR count). The number of aldehydes is 1. The Hall–Kier alpha value is -2.82. The Morgan fingerprint density at radius 1 is 1.24 bits per heavy atom. The molecule has 5 nitrogen and oxygen atoms in total. The highest BCUT2D eigenvalue weighted by molar-refractivity contribution is 5.93. The van der Waals surface area contributed by atoms with Crippen LogP contribution < -0.4 is 14.8 Å². The monoisotopic (exact) mass is 341 g/mol. The van der Waals surface area contributed by atoms with Gasteiger partial charge in [0.1, 0.15) is 11.5 Å². The number of aryl methyl sites for hydroxylation is 1. The standard InChI is InChI=1S/C20H23NO4/c1-13(2)17-7-5-6-14(3)20(17)21-19(23)12-25-18-9-8-16(24-4)10-15(18)11-22/h5-11,13H,12H2,1-4H3,(H,21,23). The first kappa shape index (κ1) is 18.5. The van der Waals surface area contributed by atoms with Crippen LogP contribution in [0.25, 0.3) is 0 Å². The summed E-state index contributed by atoms with van der Waals surface area (Å²) in [4.78, 5) is 23.4. The van der Waals surface area contributed by atoms with E-state index in [0.717, 1.165) is 16.8 Å². The normalized spacial score (nSPS) is 10.4. The molecule has 0 unspecified atom stereocenters. The first-order valence-electron chi connectivity index (χ1n) is 8.11. The van der Waals surface area contributed by atoms with E-state index in [4.69, 9.17) is 9.47 Å². The highest BCUT2D eigenvalue weighted by atomic mass is 16.5. The van der Waals surface area contributed by atoms with Crippen molar-refractivity contribution in [1.82, 2.24) is 0 Å². The van der Waals surface area contributed by atoms with Gasteiger partial charge >= 0.3 is 0 Å². The summed E-state index contributed by atoms with van der Waals surface area (Å²) in [5.41, 5.74) is 3.23. The van der Waals surface area contributed by atoms with Crippen molar-refractivity contribution < 1.29 is 19.1 Å². The van der Waals surface area contributed by atoms with E-state index in [1.807, 2.05) is 25.1 Å². The highest BCUT2D eigenvalue weighted by Crippen LogP contribution is 2.27. The van der Waals surface area contributed by atoms with Gasteiger partial charge in [0.15, 0.2) is 12.9 Å². The van der Waals surface area contributed by atoms with Crippen LogP contribution in [0.5, 0.6) is 11.5 Å². The Balaban J connectivity index is 2.09. The average molecular weight is 341 g/mol. The number of amides is 1. The van der Waals surface area contributed by atoms with Crippen LogP contribution in [0.15, 0.2) is 36.4 Å². The molecule has 5 heteroatoms. The first-order chi connectivity index (χ1) is 12.0. The number of carbonyl (C=O) groups is 2. The van der Waals surface area contributed by atoms with Crippen LogP contribution in [0.3, 0.4) is 0 Å². The van der Waals surface area contributed by atoms with E-state index in [9.17, 15) is 9.59 Å². The lowest BCUT2D eigenvalue weighted by Gasteiger charge is -2.17. The van der Waals surface area contributed by atoms with E-state index in [-0.39, 0.29) is 12.5 Å². The molecule has 0 aliphatic heterocycles. The van der Waals surface area contributed by atoms with Crippen LogP contribution in [0.2, 0.25) is 0 Å². The van der Waals surface area contributed by atoms with Gasteiger partial charge in [0.25, 0.3) is 5.91 Å². The van der Waals surface area contributed by atoms with Gasteiger partial charge in [-0.15, -0.1) is 0 Å². The number of hydrogen-bond donors (Lipinski definition) is 1. The molecule has 0 atom stereocenters. The minimum atomic E-state index is -0.274. The lowest BCUT2D eigenvalue weighted by Crippen LogP contribution is -2.22. The minimum Gasteiger partial charge on any atom is -0.497 e. The third-order valence-corrected chi connectivity index (χ3v) is 3.89. The third kappa shape index (κ3) is 4.59. The zero-order valence-corrected chi connectivity index (χ0v) is 15.0. The molecule has 1 amide bonds. The molecule has 2 aromatic carbocycles. The Bertz CT molecular complexity index is 768. The van der Waals surface area contributed by atoms with E-state index in [1.54, 1.807) is 18.2 Å². The number of methoxy groups -OCH3 is 1. The number of para-hydroxylation sites is 1. The predicted octanol–water partition coefficient (Wildman–Crippen LogP) is 3.96. The number of carbonyl (C=O) groups excluding carboxylic acids is 2. The second kappa shape index (κ2) is 8.33. The van der Waals surface area contributed by atoms with E-state index < -0.39 is 0 Å². The van der Waals surface area contributed by atoms with Gasteiger partial charge in [-0.1, -0.05) is 32.0 Å². The fourth-order valence-electron chi connectivity index (χ4n) is 2.54. The molecular weight excluding hydrogens is 318 g/mol. The van der Waals surface area contributed by atoms with Gasteiger partial charge in [0.05, 0.1) is 12.7 Å². The van der Waals surface area contributed by atoms with Gasteiger partial charge in [-0.2, -0.15) is 0 Å². The van der Waals surface area contributed by atoms with E-state index in [1.165, 1.54) is 7.11 Å². The summed E-state index contributed by atoms with van der Waals surface area (Å²) in [5.74, 6) is 0.920. The van der Waals surface area contributed by atoms with Crippen molar-refractivity contribution in [2.45, 2.75) is 26.7 Å². The first-order valence-corrected chi connectivity index (χ1v) is 8.11. The molecule has 0 saturated heterocycles. The van der Waals surface area contributed by atoms with Crippen LogP contribution in [0.1, 0.15) is 41.3 Å². The van der Waals surface area contributed by atoms with Crippen LogP contribution in [-0.2, 0) is 4.79 Å². The molecule has 0 bridgehead atoms. The van der Waals surface area contributed by atoms with Crippen molar-refractivity contribution in [3.8, 4) is 11.5 Å². The summed E-state index contributed by atoms with van der Waals surface area (Å²) in [7, 11) is 1.52. The maximum absolute atomic E-state index is 12.3. The fourth-order valence-corrected chi connectivity index (χ4v) is 2.54. The molecule has 0 radical (unpaired) electrons. The molecule has 0 aliphatic carbocycles. The minimum absolute atomic E-state index is 0.182. The highest BCUT2D eigenvalue weighted by Gasteiger charge is 2.13. The zero-order chi connectivity index (χ0) is 18.4. The molecule has 0 heterocycles. The Morgan fingerprint density at radius 2 is 2.00 bits per heavy atom. The SMILES string of the molecule is COc1ccc(OCC(=O)Nc2c(C)cccc2C(C)C)c(C=O)c1. The summed E-state index contributed by atoms with van der Waals surface area (Å²) in [6, 6.07) is 10.8. The zero-order valence-electron chi connectivity index (χ0n) is 15.0. The topological polar surface area (TPSA) is 64.6 Å². The molecule has 25 heavy (non-hydrogen) atoms. The van der Waals surface area contributed by atoms with Crippen LogP contribution in [-0.4, -0.2) is 25.9 Å². The number of anilines is 1. The van der Waals surface area contributed by atoms with Gasteiger partial charge < -0.3 is 14.8 Å². The molecular formula is C20H23NO4. The average Bonchev–Trinajstić information content (AvgIpc) is 2.61. The lowest BCUT2D eigenvalue weighted by molar-refractivity contribution is -0.118. The van der Waals surface area contributed by atoms with Crippen molar-refractivity contribution in [2.24, 2.45) is 0 Å². The molecule has 0 aliphatic rings. The van der Waals surface area contributed by atoms with Crippen molar-refractivity contribution in [2.75, 3.05) is 19.0 Å². The number of ether oxygens (including phenoxy) is 2. The quantitative estimate of drug-likeness (QED) is 0.774. The summed E-state index contributed by atoms with van der Waals surface area (Å²) < 4.78 is 10.6. The van der Waals surface area contributed by atoms with E-state index in [2.05, 4.69) is 19.2 Å². The molecule has 132 valence electrons. The van der Waals surface area contributed by atoms with Crippen LogP contribution >= 0.6 is 0 Å². The van der Waals surface area contributed by atoms with E-state index in [0.29, 0.717) is 29.3 Å². The number of hydrogen-bond acceptors (Lipinski definition) is 4. The molecule has 0 aromatic heterocycles. The van der Waals surface area contributed by atoms with Crippen LogP contribution in [0, 0.1) is 6.92 Å². The molecule has 2 aromatic rings. The summed E-state index contributed by atoms with van der Waals surface area (Å²) in [5, 5.41) is 2.91. The van der Waals surface area contributed by atoms with Gasteiger partial charge in [-0.3, -0.25) is 9.59 Å². The maximum Gasteiger partial charge on any atom is 0.262 e. The second-order valence-corrected chi connectivity index (χ2v) is 6.05. The van der Waals surface area contributed by atoms with Crippen molar-refractivity contribution >= 4 is 17.9 Å². The van der Waals surface area contributed by atoms with Crippen molar-refractivity contribution in [3.63, 3.8) is 0 Å². The van der Waals surface area contributed by atoms with Crippen LogP contribution in [0.4, 0.5) is 5.69 Å². The summed E-state index contributed by atoms with van der Waals surface area (Å²) in [6.07, 6.45) is 0.675. The molecule has 0 fully saturated rings. The second-order valence-electron chi connectivity index (χ2n) is 6.05. The smallest absolute Gasteiger partial charge is 0.262 e. The largest absolute Gasteiger partial charge is 0.497 e. The van der Waals surface area contributed by atoms with Gasteiger partial charge in [-0.05, 0) is 42.2 Å². The number of benzene rings is 2. The Labute approximate surface area is 148 Å². The molecule has 0 saturated carbocycles. The van der Waals surface area contributed by atoms with Gasteiger partial charge in [0.2, 0.25) is 0 Å². The fraction of sp³-hybridized carbons (Fsp3) is 0.300. The third-order valence-electron chi connectivity index (χ3n) is 3.89. The Kier molecular flexibility index (Phi) is 6.17. The molecule has 0 spiro atoms. The summed E-state index contributed by atoms with van der Waals surface area (Å²) >= 11 is 0. The van der Waals surface area contributed by atoms with E-state index >= 15 is 0 Å². The lowest BCUT2D eigenvalue weighted by atomic mass is 9.98. The van der Waals surface area contributed by atoms with Crippen molar-refractivity contribution in [3.05, 3.63) is 53.1 Å². The summed E-state index contributed by atoms with van der Waals surface area (Å²) in [6.45, 7) is 5.93. The molecule has 1 N–H and O–H groups in total.